The zero-order chi connectivity index (χ0) is 18.5. The molecule has 1 atom stereocenters. The van der Waals surface area contributed by atoms with Crippen LogP contribution in [0.4, 0.5) is 10.5 Å². The van der Waals surface area contributed by atoms with E-state index in [0.717, 1.165) is 11.3 Å². The average Bonchev–Trinajstić information content (AvgIpc) is 3.26. The maximum Gasteiger partial charge on any atom is 0.321 e. The number of anilines is 1. The molecule has 1 saturated heterocycles. The molecule has 0 bridgehead atoms. The topological polar surface area (TPSA) is 81.7 Å². The number of carbonyl (C=O) groups excluding carboxylic acids is 2. The summed E-state index contributed by atoms with van der Waals surface area (Å²) in [6.45, 7) is 1.53. The fourth-order valence-electron chi connectivity index (χ4n) is 2.73. The number of halogens is 1. The van der Waals surface area contributed by atoms with Gasteiger partial charge in [-0.15, -0.1) is 11.3 Å². The van der Waals surface area contributed by atoms with Crippen LogP contribution in [0, 0.1) is 0 Å². The van der Waals surface area contributed by atoms with E-state index >= 15 is 0 Å². The molecule has 1 aliphatic rings. The van der Waals surface area contributed by atoms with Crippen molar-refractivity contribution in [3.8, 4) is 0 Å². The third-order valence-electron chi connectivity index (χ3n) is 4.17. The lowest BCUT2D eigenvalue weighted by Crippen LogP contribution is -2.31. The molecule has 2 aromatic rings. The van der Waals surface area contributed by atoms with Gasteiger partial charge in [-0.2, -0.15) is 0 Å². The number of rotatable bonds is 7. The van der Waals surface area contributed by atoms with Crippen molar-refractivity contribution in [2.45, 2.75) is 18.9 Å². The van der Waals surface area contributed by atoms with Crippen LogP contribution in [0.2, 0.25) is 4.34 Å². The second-order valence-corrected chi connectivity index (χ2v) is 7.77. The first-order valence-corrected chi connectivity index (χ1v) is 9.58. The fourth-order valence-corrected chi connectivity index (χ4v) is 3.69. The van der Waals surface area contributed by atoms with Crippen LogP contribution in [0.25, 0.3) is 0 Å². The van der Waals surface area contributed by atoms with Gasteiger partial charge in [0.2, 0.25) is 0 Å². The van der Waals surface area contributed by atoms with Gasteiger partial charge in [0.05, 0.1) is 15.3 Å². The van der Waals surface area contributed by atoms with Crippen LogP contribution in [0.15, 0.2) is 36.4 Å². The summed E-state index contributed by atoms with van der Waals surface area (Å²) in [7, 11) is 0. The molecular weight excluding hydrogens is 374 g/mol. The van der Waals surface area contributed by atoms with Crippen LogP contribution in [-0.2, 0) is 6.42 Å². The van der Waals surface area contributed by atoms with E-state index in [0.29, 0.717) is 35.1 Å². The van der Waals surface area contributed by atoms with Crippen molar-refractivity contribution in [2.75, 3.05) is 24.5 Å². The van der Waals surface area contributed by atoms with Gasteiger partial charge < -0.3 is 15.7 Å². The zero-order valence-electron chi connectivity index (χ0n) is 14.1. The van der Waals surface area contributed by atoms with Gasteiger partial charge in [-0.25, -0.2) is 4.79 Å². The number of carbonyl (C=O) groups is 2. The van der Waals surface area contributed by atoms with Crippen LogP contribution in [0.1, 0.15) is 21.7 Å². The van der Waals surface area contributed by atoms with Crippen molar-refractivity contribution in [2.24, 2.45) is 0 Å². The van der Waals surface area contributed by atoms with Crippen LogP contribution >= 0.6 is 22.9 Å². The third kappa shape index (κ3) is 4.75. The Balaban J connectivity index is 1.43. The number of hydrogen-bond donors (Lipinski definition) is 3. The zero-order valence-corrected chi connectivity index (χ0v) is 15.6. The predicted molar refractivity (Wildman–Crippen MR) is 103 cm³/mol. The molecule has 0 radical (unpaired) electrons. The molecule has 0 saturated carbocycles. The fraction of sp³-hybridized carbons (Fsp3) is 0.333. The molecule has 3 rings (SSSR count). The van der Waals surface area contributed by atoms with Crippen molar-refractivity contribution >= 4 is 40.6 Å². The number of nitrogens with one attached hydrogen (secondary N) is 2. The number of urea groups is 1. The number of aryl methyl sites for hydroxylation is 1. The Labute approximate surface area is 160 Å². The van der Waals surface area contributed by atoms with Crippen LogP contribution < -0.4 is 15.5 Å². The average molecular weight is 394 g/mol. The highest BCUT2D eigenvalue weighted by molar-refractivity contribution is 7.17. The molecule has 1 aromatic carbocycles. The van der Waals surface area contributed by atoms with Crippen molar-refractivity contribution in [1.29, 1.82) is 0 Å². The first-order chi connectivity index (χ1) is 12.5. The summed E-state index contributed by atoms with van der Waals surface area (Å²) in [5.74, 6) is -0.228. The Kier molecular flexibility index (Phi) is 6.13. The van der Waals surface area contributed by atoms with E-state index in [4.69, 9.17) is 11.6 Å². The summed E-state index contributed by atoms with van der Waals surface area (Å²) in [6.07, 6.45) is 0.599. The Hall–Kier alpha value is -2.09. The Morgan fingerprint density at radius 3 is 2.69 bits per heavy atom. The van der Waals surface area contributed by atoms with E-state index in [1.807, 2.05) is 24.3 Å². The number of aliphatic hydroxyl groups excluding tert-OH is 1. The molecule has 1 aliphatic heterocycles. The van der Waals surface area contributed by atoms with Gasteiger partial charge in [-0.3, -0.25) is 9.69 Å². The summed E-state index contributed by atoms with van der Waals surface area (Å²) in [5, 5.41) is 15.6. The third-order valence-corrected chi connectivity index (χ3v) is 5.40. The van der Waals surface area contributed by atoms with Gasteiger partial charge in [0, 0.05) is 25.3 Å². The van der Waals surface area contributed by atoms with E-state index in [9.17, 15) is 14.7 Å². The van der Waals surface area contributed by atoms with E-state index in [-0.39, 0.29) is 18.5 Å². The molecular formula is C18H20ClN3O3S. The predicted octanol–water partition coefficient (Wildman–Crippen LogP) is 2.65. The van der Waals surface area contributed by atoms with Gasteiger partial charge in [-0.1, -0.05) is 23.7 Å². The second kappa shape index (κ2) is 8.53. The number of amides is 3. The second-order valence-electron chi connectivity index (χ2n) is 6.06. The molecule has 0 unspecified atom stereocenters. The molecule has 138 valence electrons. The molecule has 6 nitrogen and oxygen atoms in total. The van der Waals surface area contributed by atoms with E-state index in [1.54, 1.807) is 17.0 Å². The SMILES string of the molecule is O=C(NC[C@H](O)CCc1ccc(N2CCNC2=O)cc1)c1ccc(Cl)s1. The number of thiophene rings is 1. The van der Waals surface area contributed by atoms with Crippen molar-refractivity contribution in [1.82, 2.24) is 10.6 Å². The molecule has 3 N–H and O–H groups in total. The molecule has 0 aliphatic carbocycles. The van der Waals surface area contributed by atoms with Crippen LogP contribution in [-0.4, -0.2) is 42.8 Å². The molecule has 1 aromatic heterocycles. The Morgan fingerprint density at radius 2 is 2.08 bits per heavy atom. The molecule has 8 heteroatoms. The first kappa shape index (κ1) is 18.7. The van der Waals surface area contributed by atoms with Gasteiger partial charge in [0.15, 0.2) is 0 Å². The van der Waals surface area contributed by atoms with E-state index in [1.165, 1.54) is 11.3 Å². The van der Waals surface area contributed by atoms with Crippen molar-refractivity contribution in [3.63, 3.8) is 0 Å². The van der Waals surface area contributed by atoms with Gasteiger partial charge in [0.25, 0.3) is 5.91 Å². The molecule has 0 spiro atoms. The lowest BCUT2D eigenvalue weighted by molar-refractivity contribution is 0.0915. The van der Waals surface area contributed by atoms with E-state index in [2.05, 4.69) is 10.6 Å². The van der Waals surface area contributed by atoms with Gasteiger partial charge >= 0.3 is 6.03 Å². The first-order valence-electron chi connectivity index (χ1n) is 8.39. The molecule has 26 heavy (non-hydrogen) atoms. The molecule has 2 heterocycles. The lowest BCUT2D eigenvalue weighted by atomic mass is 10.1. The maximum absolute atomic E-state index is 11.9. The van der Waals surface area contributed by atoms with Gasteiger partial charge in [0.1, 0.15) is 0 Å². The number of nitrogens with zero attached hydrogens (tertiary/aromatic N) is 1. The monoisotopic (exact) mass is 393 g/mol. The normalized spacial score (nSPS) is 15.0. The van der Waals surface area contributed by atoms with E-state index < -0.39 is 6.10 Å². The Morgan fingerprint density at radius 1 is 1.31 bits per heavy atom. The number of benzene rings is 1. The smallest absolute Gasteiger partial charge is 0.321 e. The number of aliphatic hydroxyl groups is 1. The van der Waals surface area contributed by atoms with Crippen molar-refractivity contribution < 1.29 is 14.7 Å². The van der Waals surface area contributed by atoms with Gasteiger partial charge in [-0.05, 0) is 42.7 Å². The quantitative estimate of drug-likeness (QED) is 0.676. The summed E-state index contributed by atoms with van der Waals surface area (Å²) < 4.78 is 0.561. The summed E-state index contributed by atoms with van der Waals surface area (Å²) in [4.78, 5) is 25.8. The summed E-state index contributed by atoms with van der Waals surface area (Å²) in [6, 6.07) is 11.0. The van der Waals surface area contributed by atoms with Crippen LogP contribution in [0.3, 0.4) is 0 Å². The standard InChI is InChI=1S/C18H20ClN3O3S/c19-16-8-7-15(26-16)17(24)21-11-14(23)6-3-12-1-4-13(5-2-12)22-10-9-20-18(22)25/h1-2,4-5,7-8,14,23H,3,6,9-11H2,(H,20,25)(H,21,24)/t14-/m1/s1. The largest absolute Gasteiger partial charge is 0.391 e. The highest BCUT2D eigenvalue weighted by Gasteiger charge is 2.20. The minimum absolute atomic E-state index is 0.0732. The Bertz CT molecular complexity index is 778. The van der Waals surface area contributed by atoms with Crippen LogP contribution in [0.5, 0.6) is 0 Å². The van der Waals surface area contributed by atoms with Crippen molar-refractivity contribution in [3.05, 3.63) is 51.2 Å². The summed E-state index contributed by atoms with van der Waals surface area (Å²) in [5.41, 5.74) is 1.94. The maximum atomic E-state index is 11.9. The highest BCUT2D eigenvalue weighted by atomic mass is 35.5. The molecule has 1 fully saturated rings. The summed E-state index contributed by atoms with van der Waals surface area (Å²) >= 11 is 7.02. The lowest BCUT2D eigenvalue weighted by Gasteiger charge is -2.15. The minimum Gasteiger partial charge on any atom is -0.391 e. The minimum atomic E-state index is -0.626. The molecule has 3 amide bonds. The number of hydrogen-bond acceptors (Lipinski definition) is 4. The highest BCUT2D eigenvalue weighted by Crippen LogP contribution is 2.21.